The van der Waals surface area contributed by atoms with Crippen LogP contribution in [0.2, 0.25) is 5.02 Å². The molecule has 0 atom stereocenters. The number of aryl methyl sites for hydroxylation is 1. The lowest BCUT2D eigenvalue weighted by Gasteiger charge is -2.15. The van der Waals surface area contributed by atoms with E-state index in [2.05, 4.69) is 19.9 Å². The normalized spacial score (nSPS) is 11.3. The molecule has 0 bridgehead atoms. The van der Waals surface area contributed by atoms with Crippen LogP contribution in [0.5, 0.6) is 0 Å². The van der Waals surface area contributed by atoms with E-state index in [0.29, 0.717) is 23.0 Å². The van der Waals surface area contributed by atoms with E-state index in [-0.39, 0.29) is 5.91 Å². The van der Waals surface area contributed by atoms with Gasteiger partial charge in [-0.25, -0.2) is 9.97 Å². The number of carbonyl (C=O) groups is 1. The molecule has 0 aliphatic carbocycles. The zero-order valence-electron chi connectivity index (χ0n) is 13.8. The maximum absolute atomic E-state index is 12.7. The van der Waals surface area contributed by atoms with Gasteiger partial charge in [-0.15, -0.1) is 0 Å². The molecular formula is C18H16ClN5O. The van der Waals surface area contributed by atoms with E-state index >= 15 is 0 Å². The van der Waals surface area contributed by atoms with Gasteiger partial charge in [0.05, 0.1) is 28.6 Å². The monoisotopic (exact) mass is 353 g/mol. The molecule has 0 aliphatic heterocycles. The number of carbonyl (C=O) groups excluding carboxylic acids is 1. The van der Waals surface area contributed by atoms with Crippen molar-refractivity contribution >= 4 is 39.6 Å². The highest BCUT2D eigenvalue weighted by atomic mass is 35.5. The molecule has 0 aliphatic rings. The van der Waals surface area contributed by atoms with Gasteiger partial charge in [-0.3, -0.25) is 4.79 Å². The molecule has 2 aromatic heterocycles. The van der Waals surface area contributed by atoms with Gasteiger partial charge in [0, 0.05) is 17.6 Å². The lowest BCUT2D eigenvalue weighted by molar-refractivity contribution is 0.0782. The Morgan fingerprint density at radius 1 is 1.08 bits per heavy atom. The molecule has 0 fully saturated rings. The number of halogens is 1. The second-order valence-electron chi connectivity index (χ2n) is 6.06. The number of amides is 1. The molecule has 0 spiro atoms. The van der Waals surface area contributed by atoms with Crippen LogP contribution in [0, 0.1) is 6.92 Å². The molecule has 2 heterocycles. The number of nitrogens with zero attached hydrogens (tertiary/aromatic N) is 3. The minimum absolute atomic E-state index is 0.0763. The fraction of sp³-hybridized carbons (Fsp3) is 0.167. The molecular weight excluding hydrogens is 338 g/mol. The first-order chi connectivity index (χ1) is 12.0. The first-order valence-electron chi connectivity index (χ1n) is 7.85. The Bertz CT molecular complexity index is 1100. The van der Waals surface area contributed by atoms with Crippen molar-refractivity contribution < 1.29 is 4.79 Å². The van der Waals surface area contributed by atoms with Gasteiger partial charge in [-0.1, -0.05) is 11.6 Å². The molecule has 4 rings (SSSR count). The summed E-state index contributed by atoms with van der Waals surface area (Å²) in [6, 6.07) is 10.9. The highest BCUT2D eigenvalue weighted by molar-refractivity contribution is 6.31. The Morgan fingerprint density at radius 2 is 1.80 bits per heavy atom. The van der Waals surface area contributed by atoms with Crippen LogP contribution in [-0.4, -0.2) is 37.8 Å². The van der Waals surface area contributed by atoms with Crippen molar-refractivity contribution in [2.75, 3.05) is 7.05 Å². The minimum Gasteiger partial charge on any atom is -0.342 e. The van der Waals surface area contributed by atoms with Crippen molar-refractivity contribution in [3.63, 3.8) is 0 Å². The number of hydrogen-bond acceptors (Lipinski definition) is 3. The number of hydrogen-bond donors (Lipinski definition) is 2. The van der Waals surface area contributed by atoms with Gasteiger partial charge in [0.15, 0.2) is 0 Å². The summed E-state index contributed by atoms with van der Waals surface area (Å²) in [5.74, 6) is 1.47. The molecule has 25 heavy (non-hydrogen) atoms. The van der Waals surface area contributed by atoms with E-state index < -0.39 is 0 Å². The fourth-order valence-corrected chi connectivity index (χ4v) is 3.07. The summed E-state index contributed by atoms with van der Waals surface area (Å²) in [7, 11) is 1.75. The molecule has 0 radical (unpaired) electrons. The standard InChI is InChI=1S/C18H16ClN5O/c1-10-20-13-5-3-11(7-15(13)21-10)18(25)24(2)9-17-22-14-6-4-12(19)8-16(14)23-17/h3-8H,9H2,1-2H3,(H,20,21)(H,22,23). The number of H-pyrrole nitrogens is 2. The maximum Gasteiger partial charge on any atom is 0.254 e. The van der Waals surface area contributed by atoms with Crippen LogP contribution in [0.3, 0.4) is 0 Å². The van der Waals surface area contributed by atoms with Crippen LogP contribution in [0.1, 0.15) is 22.0 Å². The highest BCUT2D eigenvalue weighted by Crippen LogP contribution is 2.19. The van der Waals surface area contributed by atoms with Gasteiger partial charge in [0.25, 0.3) is 5.91 Å². The Morgan fingerprint density at radius 3 is 2.64 bits per heavy atom. The topological polar surface area (TPSA) is 77.7 Å². The van der Waals surface area contributed by atoms with Crippen molar-refractivity contribution in [2.45, 2.75) is 13.5 Å². The zero-order valence-corrected chi connectivity index (χ0v) is 14.6. The van der Waals surface area contributed by atoms with Crippen LogP contribution in [0.15, 0.2) is 36.4 Å². The summed E-state index contributed by atoms with van der Waals surface area (Å²) in [6.07, 6.45) is 0. The number of rotatable bonds is 3. The van der Waals surface area contributed by atoms with Crippen molar-refractivity contribution in [1.29, 1.82) is 0 Å². The summed E-state index contributed by atoms with van der Waals surface area (Å²) in [6.45, 7) is 2.27. The van der Waals surface area contributed by atoms with Gasteiger partial charge >= 0.3 is 0 Å². The number of benzene rings is 2. The molecule has 6 nitrogen and oxygen atoms in total. The van der Waals surface area contributed by atoms with Gasteiger partial charge in [-0.2, -0.15) is 0 Å². The third-order valence-corrected chi connectivity index (χ3v) is 4.31. The average molecular weight is 354 g/mol. The highest BCUT2D eigenvalue weighted by Gasteiger charge is 2.15. The molecule has 2 aromatic carbocycles. The van der Waals surface area contributed by atoms with Crippen molar-refractivity contribution in [3.8, 4) is 0 Å². The number of aromatic amines is 2. The smallest absolute Gasteiger partial charge is 0.254 e. The van der Waals surface area contributed by atoms with Gasteiger partial charge in [-0.05, 0) is 43.3 Å². The lowest BCUT2D eigenvalue weighted by atomic mass is 10.2. The summed E-state index contributed by atoms with van der Waals surface area (Å²) < 4.78 is 0. The zero-order chi connectivity index (χ0) is 17.6. The molecule has 0 saturated carbocycles. The van der Waals surface area contributed by atoms with E-state index in [0.717, 1.165) is 27.9 Å². The largest absolute Gasteiger partial charge is 0.342 e. The molecule has 7 heteroatoms. The van der Waals surface area contributed by atoms with Crippen LogP contribution < -0.4 is 0 Å². The van der Waals surface area contributed by atoms with Crippen molar-refractivity contribution in [1.82, 2.24) is 24.8 Å². The van der Waals surface area contributed by atoms with E-state index in [4.69, 9.17) is 11.6 Å². The second-order valence-corrected chi connectivity index (χ2v) is 6.50. The Hall–Kier alpha value is -2.86. The van der Waals surface area contributed by atoms with E-state index in [1.54, 1.807) is 24.1 Å². The molecule has 1 amide bonds. The number of nitrogens with one attached hydrogen (secondary N) is 2. The summed E-state index contributed by atoms with van der Waals surface area (Å²) in [5.41, 5.74) is 4.01. The summed E-state index contributed by atoms with van der Waals surface area (Å²) >= 11 is 5.99. The van der Waals surface area contributed by atoms with Crippen LogP contribution in [0.25, 0.3) is 22.1 Å². The van der Waals surface area contributed by atoms with Crippen molar-refractivity contribution in [3.05, 3.63) is 58.6 Å². The van der Waals surface area contributed by atoms with E-state index in [9.17, 15) is 4.79 Å². The van der Waals surface area contributed by atoms with Crippen LogP contribution >= 0.6 is 11.6 Å². The third-order valence-electron chi connectivity index (χ3n) is 4.07. The minimum atomic E-state index is -0.0763. The maximum atomic E-state index is 12.7. The van der Waals surface area contributed by atoms with E-state index in [1.165, 1.54) is 0 Å². The number of imidazole rings is 2. The predicted molar refractivity (Wildman–Crippen MR) is 97.7 cm³/mol. The number of fused-ring (bicyclic) bond motifs is 2. The molecule has 0 saturated heterocycles. The molecule has 2 N–H and O–H groups in total. The quantitative estimate of drug-likeness (QED) is 0.590. The number of aromatic nitrogens is 4. The Balaban J connectivity index is 1.57. The van der Waals surface area contributed by atoms with Gasteiger partial charge < -0.3 is 14.9 Å². The van der Waals surface area contributed by atoms with Crippen LogP contribution in [0.4, 0.5) is 0 Å². The van der Waals surface area contributed by atoms with Gasteiger partial charge in [0.1, 0.15) is 11.6 Å². The fourth-order valence-electron chi connectivity index (χ4n) is 2.90. The van der Waals surface area contributed by atoms with Crippen molar-refractivity contribution in [2.24, 2.45) is 0 Å². The van der Waals surface area contributed by atoms with Gasteiger partial charge in [0.2, 0.25) is 0 Å². The molecule has 0 unspecified atom stereocenters. The summed E-state index contributed by atoms with van der Waals surface area (Å²) in [4.78, 5) is 29.5. The summed E-state index contributed by atoms with van der Waals surface area (Å²) in [5, 5.41) is 0.648. The van der Waals surface area contributed by atoms with Crippen LogP contribution in [-0.2, 0) is 6.54 Å². The third kappa shape index (κ3) is 2.96. The Labute approximate surface area is 148 Å². The lowest BCUT2D eigenvalue weighted by Crippen LogP contribution is -2.26. The average Bonchev–Trinajstić information content (AvgIpc) is 3.14. The Kier molecular flexibility index (Phi) is 3.69. The predicted octanol–water partition coefficient (Wildman–Crippen LogP) is 3.67. The SMILES string of the molecule is Cc1nc2ccc(C(=O)N(C)Cc3nc4ccc(Cl)cc4[nH]3)cc2[nH]1. The molecule has 4 aromatic rings. The first kappa shape index (κ1) is 15.7. The van der Waals surface area contributed by atoms with E-state index in [1.807, 2.05) is 31.2 Å². The first-order valence-corrected chi connectivity index (χ1v) is 8.23. The second kappa shape index (κ2) is 5.89. The molecule has 126 valence electrons.